The summed E-state index contributed by atoms with van der Waals surface area (Å²) in [6.07, 6.45) is 0. The van der Waals surface area contributed by atoms with Crippen LogP contribution in [0.1, 0.15) is 5.56 Å². The maximum Gasteiger partial charge on any atom is 0.262 e. The highest BCUT2D eigenvalue weighted by atomic mass is 79.9. The molecule has 118 valence electrons. The minimum absolute atomic E-state index is 0.205. The van der Waals surface area contributed by atoms with Crippen molar-refractivity contribution in [3.05, 3.63) is 51.5 Å². The lowest BCUT2D eigenvalue weighted by Gasteiger charge is -2.13. The second-order valence-electron chi connectivity index (χ2n) is 4.45. The van der Waals surface area contributed by atoms with E-state index < -0.39 is 0 Å². The van der Waals surface area contributed by atoms with Gasteiger partial charge in [-0.3, -0.25) is 4.79 Å². The number of methoxy groups -OCH3 is 1. The fourth-order valence-corrected chi connectivity index (χ4v) is 2.47. The number of ether oxygens (including phenoxy) is 2. The summed E-state index contributed by atoms with van der Waals surface area (Å²) in [7, 11) is 1.46. The summed E-state index contributed by atoms with van der Waals surface area (Å²) in [5.74, 6) is 0.401. The standard InChI is InChI=1S/C16H12BrClN2O3/c1-22-14-7-10(8-19)6-13(17)16(14)23-9-15(21)20-12-4-2-11(18)3-5-12/h2-7H,9H2,1H3,(H,20,21). The molecule has 2 rings (SSSR count). The van der Waals surface area contributed by atoms with Gasteiger partial charge in [0.15, 0.2) is 18.1 Å². The van der Waals surface area contributed by atoms with Crippen LogP contribution >= 0.6 is 27.5 Å². The Balaban J connectivity index is 2.04. The average Bonchev–Trinajstić information content (AvgIpc) is 2.55. The first-order valence-corrected chi connectivity index (χ1v) is 7.66. The fourth-order valence-electron chi connectivity index (χ4n) is 1.79. The van der Waals surface area contributed by atoms with Gasteiger partial charge in [0.05, 0.1) is 23.2 Å². The molecule has 0 saturated heterocycles. The van der Waals surface area contributed by atoms with Crippen molar-refractivity contribution in [3.63, 3.8) is 0 Å². The number of hydrogen-bond acceptors (Lipinski definition) is 4. The number of nitrogens with zero attached hydrogens (tertiary/aromatic N) is 1. The van der Waals surface area contributed by atoms with Crippen LogP contribution < -0.4 is 14.8 Å². The van der Waals surface area contributed by atoms with E-state index in [0.717, 1.165) is 0 Å². The van der Waals surface area contributed by atoms with Gasteiger partial charge in [0.1, 0.15) is 0 Å². The zero-order valence-corrected chi connectivity index (χ0v) is 14.4. The summed E-state index contributed by atoms with van der Waals surface area (Å²) in [5, 5.41) is 12.2. The number of amides is 1. The first kappa shape index (κ1) is 17.1. The first-order valence-electron chi connectivity index (χ1n) is 6.49. The van der Waals surface area contributed by atoms with Crippen LogP contribution in [0.3, 0.4) is 0 Å². The predicted octanol–water partition coefficient (Wildman–Crippen LogP) is 4.00. The summed E-state index contributed by atoms with van der Waals surface area (Å²) in [4.78, 5) is 11.9. The molecule has 7 heteroatoms. The van der Waals surface area contributed by atoms with Crippen LogP contribution in [-0.2, 0) is 4.79 Å². The van der Waals surface area contributed by atoms with E-state index in [4.69, 9.17) is 26.3 Å². The van der Waals surface area contributed by atoms with Crippen molar-refractivity contribution in [2.24, 2.45) is 0 Å². The van der Waals surface area contributed by atoms with Gasteiger partial charge >= 0.3 is 0 Å². The molecule has 0 atom stereocenters. The van der Waals surface area contributed by atoms with E-state index in [2.05, 4.69) is 21.2 Å². The molecule has 0 radical (unpaired) electrons. The van der Waals surface area contributed by atoms with Gasteiger partial charge in [-0.1, -0.05) is 11.6 Å². The number of rotatable bonds is 5. The highest BCUT2D eigenvalue weighted by Crippen LogP contribution is 2.36. The molecule has 0 spiro atoms. The van der Waals surface area contributed by atoms with Gasteiger partial charge in [0.25, 0.3) is 5.91 Å². The van der Waals surface area contributed by atoms with Crippen molar-refractivity contribution in [3.8, 4) is 17.6 Å². The molecule has 2 aromatic rings. The van der Waals surface area contributed by atoms with Crippen molar-refractivity contribution in [2.45, 2.75) is 0 Å². The molecule has 0 aromatic heterocycles. The Kier molecular flexibility index (Phi) is 5.85. The van der Waals surface area contributed by atoms with Gasteiger partial charge in [-0.15, -0.1) is 0 Å². The Hall–Kier alpha value is -2.23. The number of anilines is 1. The van der Waals surface area contributed by atoms with Crippen LogP contribution in [0.15, 0.2) is 40.9 Å². The van der Waals surface area contributed by atoms with Crippen molar-refractivity contribution in [2.75, 3.05) is 19.0 Å². The molecule has 0 bridgehead atoms. The molecule has 1 amide bonds. The largest absolute Gasteiger partial charge is 0.493 e. The third-order valence-electron chi connectivity index (χ3n) is 2.83. The minimum Gasteiger partial charge on any atom is -0.493 e. The number of carbonyl (C=O) groups excluding carboxylic acids is 1. The number of hydrogen-bond donors (Lipinski definition) is 1. The van der Waals surface area contributed by atoms with Crippen LogP contribution in [0.2, 0.25) is 5.02 Å². The number of halogens is 2. The van der Waals surface area contributed by atoms with Crippen molar-refractivity contribution < 1.29 is 14.3 Å². The molecule has 0 aliphatic heterocycles. The molecule has 2 aromatic carbocycles. The lowest BCUT2D eigenvalue weighted by Crippen LogP contribution is -2.20. The quantitative estimate of drug-likeness (QED) is 0.830. The minimum atomic E-state index is -0.328. The summed E-state index contributed by atoms with van der Waals surface area (Å²) in [5.41, 5.74) is 1.04. The summed E-state index contributed by atoms with van der Waals surface area (Å²) < 4.78 is 11.2. The average molecular weight is 396 g/mol. The SMILES string of the molecule is COc1cc(C#N)cc(Br)c1OCC(=O)Nc1ccc(Cl)cc1. The van der Waals surface area contributed by atoms with E-state index >= 15 is 0 Å². The maximum atomic E-state index is 11.9. The highest BCUT2D eigenvalue weighted by Gasteiger charge is 2.13. The highest BCUT2D eigenvalue weighted by molar-refractivity contribution is 9.10. The molecule has 0 heterocycles. The van der Waals surface area contributed by atoms with Gasteiger partial charge in [0, 0.05) is 16.8 Å². The zero-order valence-electron chi connectivity index (χ0n) is 12.1. The molecule has 5 nitrogen and oxygen atoms in total. The lowest BCUT2D eigenvalue weighted by molar-refractivity contribution is -0.118. The van der Waals surface area contributed by atoms with Crippen LogP contribution in [0.5, 0.6) is 11.5 Å². The maximum absolute atomic E-state index is 11.9. The van der Waals surface area contributed by atoms with E-state index in [1.54, 1.807) is 30.3 Å². The summed E-state index contributed by atoms with van der Waals surface area (Å²) in [6, 6.07) is 11.9. The van der Waals surface area contributed by atoms with Crippen LogP contribution in [0.25, 0.3) is 0 Å². The first-order chi connectivity index (χ1) is 11.0. The Bertz CT molecular complexity index is 757. The van der Waals surface area contributed by atoms with Crippen molar-refractivity contribution >= 4 is 39.1 Å². The molecule has 0 saturated carbocycles. The van der Waals surface area contributed by atoms with Gasteiger partial charge < -0.3 is 14.8 Å². The molecule has 0 fully saturated rings. The molecular weight excluding hydrogens is 384 g/mol. The van der Waals surface area contributed by atoms with E-state index in [9.17, 15) is 4.79 Å². The van der Waals surface area contributed by atoms with E-state index in [1.807, 2.05) is 6.07 Å². The second kappa shape index (κ2) is 7.86. The molecular formula is C16H12BrClN2O3. The van der Waals surface area contributed by atoms with E-state index in [0.29, 0.717) is 32.2 Å². The number of carbonyl (C=O) groups is 1. The molecule has 23 heavy (non-hydrogen) atoms. The molecule has 1 N–H and O–H groups in total. The van der Waals surface area contributed by atoms with Crippen LogP contribution in [-0.4, -0.2) is 19.6 Å². The van der Waals surface area contributed by atoms with Crippen LogP contribution in [0.4, 0.5) is 5.69 Å². The van der Waals surface area contributed by atoms with E-state index in [-0.39, 0.29) is 12.5 Å². The van der Waals surface area contributed by atoms with Gasteiger partial charge in [-0.05, 0) is 46.3 Å². The molecule has 0 aliphatic carbocycles. The molecule has 0 unspecified atom stereocenters. The van der Waals surface area contributed by atoms with Crippen LogP contribution in [0, 0.1) is 11.3 Å². The Morgan fingerprint density at radius 3 is 2.65 bits per heavy atom. The number of nitriles is 1. The second-order valence-corrected chi connectivity index (χ2v) is 5.74. The summed E-state index contributed by atoms with van der Waals surface area (Å²) in [6.45, 7) is -0.205. The third kappa shape index (κ3) is 4.62. The van der Waals surface area contributed by atoms with Gasteiger partial charge in [0.2, 0.25) is 0 Å². The molecule has 0 aliphatic rings. The van der Waals surface area contributed by atoms with Crippen molar-refractivity contribution in [1.29, 1.82) is 5.26 Å². The normalized spacial score (nSPS) is 9.83. The fraction of sp³-hybridized carbons (Fsp3) is 0.125. The Labute approximate surface area is 146 Å². The monoisotopic (exact) mass is 394 g/mol. The topological polar surface area (TPSA) is 71.3 Å². The third-order valence-corrected chi connectivity index (χ3v) is 3.68. The summed E-state index contributed by atoms with van der Waals surface area (Å²) >= 11 is 9.09. The smallest absolute Gasteiger partial charge is 0.262 e. The Morgan fingerprint density at radius 1 is 1.35 bits per heavy atom. The van der Waals surface area contributed by atoms with E-state index in [1.165, 1.54) is 13.2 Å². The predicted molar refractivity (Wildman–Crippen MR) is 91.0 cm³/mol. The number of benzene rings is 2. The number of nitrogens with one attached hydrogen (secondary N) is 1. The zero-order chi connectivity index (χ0) is 16.8. The van der Waals surface area contributed by atoms with Gasteiger partial charge in [-0.25, -0.2) is 0 Å². The lowest BCUT2D eigenvalue weighted by atomic mass is 10.2. The van der Waals surface area contributed by atoms with Gasteiger partial charge in [-0.2, -0.15) is 5.26 Å². The Morgan fingerprint density at radius 2 is 2.04 bits per heavy atom. The van der Waals surface area contributed by atoms with Crippen molar-refractivity contribution in [1.82, 2.24) is 0 Å².